The molecular weight excluding hydrogens is 138 g/mol. The Bertz CT molecular complexity index is 148. The second-order valence-corrected chi connectivity index (χ2v) is 3.98. The average molecular weight is 155 g/mol. The molecule has 2 fully saturated rings. The summed E-state index contributed by atoms with van der Waals surface area (Å²) in [5.41, 5.74) is 0. The Morgan fingerprint density at radius 3 is 2.91 bits per heavy atom. The zero-order valence-electron chi connectivity index (χ0n) is 7.42. The van der Waals surface area contributed by atoms with Gasteiger partial charge in [-0.15, -0.1) is 0 Å². The summed E-state index contributed by atoms with van der Waals surface area (Å²) < 4.78 is 5.37. The van der Waals surface area contributed by atoms with Crippen molar-refractivity contribution in [2.24, 2.45) is 11.8 Å². The maximum Gasteiger partial charge on any atom is 0.0606 e. The van der Waals surface area contributed by atoms with Gasteiger partial charge in [0, 0.05) is 13.7 Å². The lowest BCUT2D eigenvalue weighted by atomic mass is 9.67. The van der Waals surface area contributed by atoms with Gasteiger partial charge in [0.25, 0.3) is 0 Å². The normalized spacial score (nSPS) is 44.7. The van der Waals surface area contributed by atoms with Crippen LogP contribution in [0.5, 0.6) is 0 Å². The molecule has 0 spiro atoms. The highest BCUT2D eigenvalue weighted by atomic mass is 16.5. The van der Waals surface area contributed by atoms with Crippen LogP contribution in [0.1, 0.15) is 12.8 Å². The Morgan fingerprint density at radius 2 is 2.27 bits per heavy atom. The van der Waals surface area contributed by atoms with E-state index in [1.165, 1.54) is 25.9 Å². The molecule has 2 rings (SSSR count). The van der Waals surface area contributed by atoms with E-state index in [4.69, 9.17) is 4.74 Å². The average Bonchev–Trinajstić information content (AvgIpc) is 1.95. The molecule has 3 unspecified atom stereocenters. The number of hydrogen-bond acceptors (Lipinski definition) is 2. The molecule has 2 nitrogen and oxygen atoms in total. The highest BCUT2D eigenvalue weighted by Crippen LogP contribution is 2.41. The van der Waals surface area contributed by atoms with Crippen LogP contribution in [-0.2, 0) is 4.74 Å². The summed E-state index contributed by atoms with van der Waals surface area (Å²) in [4.78, 5) is 2.44. The number of piperidine rings is 1. The van der Waals surface area contributed by atoms with E-state index in [1.807, 2.05) is 7.11 Å². The van der Waals surface area contributed by atoms with E-state index in [0.29, 0.717) is 6.10 Å². The first-order valence-electron chi connectivity index (χ1n) is 4.52. The number of methoxy groups -OCH3 is 1. The Morgan fingerprint density at radius 1 is 1.45 bits per heavy atom. The van der Waals surface area contributed by atoms with Crippen LogP contribution in [0.2, 0.25) is 0 Å². The lowest BCUT2D eigenvalue weighted by Crippen LogP contribution is -2.52. The van der Waals surface area contributed by atoms with Gasteiger partial charge in [-0.1, -0.05) is 0 Å². The van der Waals surface area contributed by atoms with E-state index in [9.17, 15) is 0 Å². The van der Waals surface area contributed by atoms with Gasteiger partial charge in [-0.25, -0.2) is 0 Å². The van der Waals surface area contributed by atoms with Gasteiger partial charge in [-0.05, 0) is 38.3 Å². The predicted molar refractivity (Wildman–Crippen MR) is 44.5 cm³/mol. The zero-order valence-corrected chi connectivity index (χ0v) is 7.42. The molecule has 2 aliphatic rings. The molecule has 0 aromatic heterocycles. The Balaban J connectivity index is 1.89. The third-order valence-electron chi connectivity index (χ3n) is 3.31. The molecule has 11 heavy (non-hydrogen) atoms. The predicted octanol–water partition coefficient (Wildman–Crippen LogP) is 0.973. The topological polar surface area (TPSA) is 12.5 Å². The van der Waals surface area contributed by atoms with Crippen molar-refractivity contribution in [2.45, 2.75) is 18.9 Å². The molecule has 64 valence electrons. The first-order valence-corrected chi connectivity index (χ1v) is 4.52. The number of nitrogens with zero attached hydrogens (tertiary/aromatic N) is 1. The summed E-state index contributed by atoms with van der Waals surface area (Å²) in [6, 6.07) is 0. The van der Waals surface area contributed by atoms with Gasteiger partial charge in [0.05, 0.1) is 6.10 Å². The highest BCUT2D eigenvalue weighted by Gasteiger charge is 2.43. The molecule has 0 N–H and O–H groups in total. The third-order valence-corrected chi connectivity index (χ3v) is 3.31. The standard InChI is InChI=1S/C9H17NO/c1-10-4-3-8-7(6-10)5-9(8)11-2/h7-9H,3-6H2,1-2H3. The van der Waals surface area contributed by atoms with Crippen molar-refractivity contribution in [2.75, 3.05) is 27.2 Å². The van der Waals surface area contributed by atoms with Gasteiger partial charge in [0.1, 0.15) is 0 Å². The van der Waals surface area contributed by atoms with Gasteiger partial charge in [-0.2, -0.15) is 0 Å². The molecule has 1 saturated carbocycles. The molecule has 2 heteroatoms. The van der Waals surface area contributed by atoms with Gasteiger partial charge >= 0.3 is 0 Å². The molecule has 1 saturated heterocycles. The van der Waals surface area contributed by atoms with Crippen LogP contribution in [0.4, 0.5) is 0 Å². The quantitative estimate of drug-likeness (QED) is 0.559. The monoisotopic (exact) mass is 155 g/mol. The summed E-state index contributed by atoms with van der Waals surface area (Å²) in [5, 5.41) is 0. The third kappa shape index (κ3) is 1.18. The molecule has 1 aliphatic heterocycles. The van der Waals surface area contributed by atoms with E-state index in [1.54, 1.807) is 0 Å². The minimum absolute atomic E-state index is 0.591. The highest BCUT2D eigenvalue weighted by molar-refractivity contribution is 4.94. The maximum absolute atomic E-state index is 5.37. The second kappa shape index (κ2) is 2.76. The number of hydrogen-bond donors (Lipinski definition) is 0. The van der Waals surface area contributed by atoms with Crippen LogP contribution in [0.15, 0.2) is 0 Å². The molecule has 0 amide bonds. The number of likely N-dealkylation sites (tertiary alicyclic amines) is 1. The second-order valence-electron chi connectivity index (χ2n) is 3.98. The van der Waals surface area contributed by atoms with E-state index in [-0.39, 0.29) is 0 Å². The van der Waals surface area contributed by atoms with Crippen molar-refractivity contribution < 1.29 is 4.74 Å². The fourth-order valence-electron chi connectivity index (χ4n) is 2.52. The number of rotatable bonds is 1. The van der Waals surface area contributed by atoms with Crippen molar-refractivity contribution >= 4 is 0 Å². The molecule has 3 atom stereocenters. The lowest BCUT2D eigenvalue weighted by molar-refractivity contribution is -0.0943. The van der Waals surface area contributed by atoms with Gasteiger partial charge in [0.2, 0.25) is 0 Å². The summed E-state index contributed by atoms with van der Waals surface area (Å²) >= 11 is 0. The maximum atomic E-state index is 5.37. The van der Waals surface area contributed by atoms with Crippen molar-refractivity contribution in [1.29, 1.82) is 0 Å². The van der Waals surface area contributed by atoms with Gasteiger partial charge < -0.3 is 9.64 Å². The Hall–Kier alpha value is -0.0800. The molecular formula is C9H17NO. The van der Waals surface area contributed by atoms with Crippen LogP contribution < -0.4 is 0 Å². The van der Waals surface area contributed by atoms with Crippen molar-refractivity contribution in [3.63, 3.8) is 0 Å². The van der Waals surface area contributed by atoms with Crippen LogP contribution in [0.3, 0.4) is 0 Å². The smallest absolute Gasteiger partial charge is 0.0606 e. The first kappa shape index (κ1) is 7.56. The van der Waals surface area contributed by atoms with E-state index >= 15 is 0 Å². The molecule has 1 heterocycles. The summed E-state index contributed by atoms with van der Waals surface area (Å²) in [6.45, 7) is 2.56. The Kier molecular flexibility index (Phi) is 1.90. The summed E-state index contributed by atoms with van der Waals surface area (Å²) in [7, 11) is 4.07. The Labute approximate surface area is 68.5 Å². The molecule has 0 aromatic carbocycles. The number of ether oxygens (including phenoxy) is 1. The van der Waals surface area contributed by atoms with Crippen LogP contribution >= 0.6 is 0 Å². The van der Waals surface area contributed by atoms with E-state index in [2.05, 4.69) is 11.9 Å². The molecule has 0 radical (unpaired) electrons. The van der Waals surface area contributed by atoms with Crippen molar-refractivity contribution in [3.8, 4) is 0 Å². The van der Waals surface area contributed by atoms with Crippen molar-refractivity contribution in [1.82, 2.24) is 4.90 Å². The minimum atomic E-state index is 0.591. The van der Waals surface area contributed by atoms with Crippen LogP contribution in [-0.4, -0.2) is 38.3 Å². The van der Waals surface area contributed by atoms with Crippen LogP contribution in [0, 0.1) is 11.8 Å². The van der Waals surface area contributed by atoms with Gasteiger partial charge in [0.15, 0.2) is 0 Å². The fraction of sp³-hybridized carbons (Fsp3) is 1.00. The summed E-state index contributed by atoms with van der Waals surface area (Å²) in [6.07, 6.45) is 3.24. The first-order chi connectivity index (χ1) is 5.31. The van der Waals surface area contributed by atoms with E-state index in [0.717, 1.165) is 11.8 Å². The number of fused-ring (bicyclic) bond motifs is 1. The molecule has 1 aliphatic carbocycles. The van der Waals surface area contributed by atoms with Crippen molar-refractivity contribution in [3.05, 3.63) is 0 Å². The van der Waals surface area contributed by atoms with E-state index < -0.39 is 0 Å². The SMILES string of the molecule is COC1CC2CN(C)CCC21. The fourth-order valence-corrected chi connectivity index (χ4v) is 2.52. The minimum Gasteiger partial charge on any atom is -0.381 e. The summed E-state index contributed by atoms with van der Waals surface area (Å²) in [5.74, 6) is 1.83. The zero-order chi connectivity index (χ0) is 7.84. The molecule has 0 aromatic rings. The van der Waals surface area contributed by atoms with Crippen LogP contribution in [0.25, 0.3) is 0 Å². The largest absolute Gasteiger partial charge is 0.381 e. The van der Waals surface area contributed by atoms with Gasteiger partial charge in [-0.3, -0.25) is 0 Å². The lowest BCUT2D eigenvalue weighted by Gasteiger charge is -2.49. The molecule has 0 bridgehead atoms.